The van der Waals surface area contributed by atoms with Crippen LogP contribution in [0.2, 0.25) is 0 Å². The van der Waals surface area contributed by atoms with Gasteiger partial charge in [-0.1, -0.05) is 6.92 Å². The average molecular weight is 268 g/mol. The van der Waals surface area contributed by atoms with E-state index in [0.717, 1.165) is 0 Å². The van der Waals surface area contributed by atoms with Crippen LogP contribution in [-0.4, -0.2) is 37.6 Å². The zero-order valence-corrected chi connectivity index (χ0v) is 10.9. The molecule has 1 aliphatic rings. The van der Waals surface area contributed by atoms with Gasteiger partial charge >= 0.3 is 11.8 Å². The van der Waals surface area contributed by atoms with Gasteiger partial charge in [0.05, 0.1) is 0 Å². The summed E-state index contributed by atoms with van der Waals surface area (Å²) in [5.74, 6) is -0.960. The van der Waals surface area contributed by atoms with Crippen molar-refractivity contribution < 1.29 is 14.8 Å². The van der Waals surface area contributed by atoms with Crippen molar-refractivity contribution >= 4 is 17.6 Å². The van der Waals surface area contributed by atoms with E-state index in [-0.39, 0.29) is 11.6 Å². The fourth-order valence-electron chi connectivity index (χ4n) is 2.78. The van der Waals surface area contributed by atoms with E-state index >= 15 is 0 Å². The van der Waals surface area contributed by atoms with Crippen LogP contribution in [0.25, 0.3) is 0 Å². The molecule has 0 radical (unpaired) electrons. The number of nitrogens with zero attached hydrogens (tertiary/aromatic N) is 4. The quantitative estimate of drug-likeness (QED) is 0.649. The summed E-state index contributed by atoms with van der Waals surface area (Å²) in [7, 11) is 1.63. The minimum atomic E-state index is -1.07. The molecule has 19 heavy (non-hydrogen) atoms. The van der Waals surface area contributed by atoms with Crippen LogP contribution in [0.4, 0.5) is 11.6 Å². The van der Waals surface area contributed by atoms with Gasteiger partial charge in [0.15, 0.2) is 0 Å². The molecule has 0 spiro atoms. The molecule has 0 bridgehead atoms. The Bertz CT molecular complexity index is 527. The normalized spacial score (nSPS) is 22.7. The third-order valence-corrected chi connectivity index (χ3v) is 3.79. The van der Waals surface area contributed by atoms with Gasteiger partial charge in [0, 0.05) is 13.6 Å². The monoisotopic (exact) mass is 268 g/mol. The summed E-state index contributed by atoms with van der Waals surface area (Å²) in [6.07, 6.45) is 2.92. The minimum absolute atomic E-state index is 0.270. The number of imidazole rings is 1. The molecule has 1 aliphatic heterocycles. The van der Waals surface area contributed by atoms with Crippen LogP contribution >= 0.6 is 0 Å². The summed E-state index contributed by atoms with van der Waals surface area (Å²) in [6.45, 7) is 2.27. The lowest BCUT2D eigenvalue weighted by atomic mass is 9.93. The number of carboxylic acid groups (broad SMARTS) is 1. The fraction of sp³-hybridized carbons (Fsp3) is 0.636. The first-order valence-electron chi connectivity index (χ1n) is 6.10. The van der Waals surface area contributed by atoms with Crippen molar-refractivity contribution in [3.63, 3.8) is 0 Å². The standard InChI is InChI=1S/C11H16N4O4/c1-3-11(10(16)17)5-4-6-14(11)9-8(15(18)19)12-7-13(9)2/h7H,3-6H2,1-2H3,(H,16,17). The number of rotatable bonds is 4. The van der Waals surface area contributed by atoms with Gasteiger partial charge in [-0.15, -0.1) is 0 Å². The van der Waals surface area contributed by atoms with Gasteiger partial charge < -0.3 is 20.1 Å². The molecule has 2 rings (SSSR count). The van der Waals surface area contributed by atoms with Gasteiger partial charge in [0.1, 0.15) is 5.54 Å². The lowest BCUT2D eigenvalue weighted by Gasteiger charge is -2.34. The highest BCUT2D eigenvalue weighted by Crippen LogP contribution is 2.40. The maximum atomic E-state index is 11.6. The van der Waals surface area contributed by atoms with Crippen molar-refractivity contribution in [2.75, 3.05) is 11.4 Å². The van der Waals surface area contributed by atoms with Gasteiger partial charge in [0.2, 0.25) is 12.1 Å². The minimum Gasteiger partial charge on any atom is -0.479 e. The number of anilines is 1. The van der Waals surface area contributed by atoms with E-state index < -0.39 is 16.4 Å². The van der Waals surface area contributed by atoms with Gasteiger partial charge in [-0.05, 0) is 29.2 Å². The molecule has 8 heteroatoms. The molecule has 1 saturated heterocycles. The van der Waals surface area contributed by atoms with Crippen molar-refractivity contribution in [2.24, 2.45) is 7.05 Å². The van der Waals surface area contributed by atoms with Crippen LogP contribution < -0.4 is 4.90 Å². The summed E-state index contributed by atoms with van der Waals surface area (Å²) in [5, 5.41) is 20.5. The Morgan fingerprint density at radius 3 is 2.89 bits per heavy atom. The number of carboxylic acids is 1. The third-order valence-electron chi connectivity index (χ3n) is 3.79. The first-order chi connectivity index (χ1) is 8.94. The third kappa shape index (κ3) is 1.83. The van der Waals surface area contributed by atoms with Crippen LogP contribution in [0.3, 0.4) is 0 Å². The van der Waals surface area contributed by atoms with E-state index in [4.69, 9.17) is 0 Å². The van der Waals surface area contributed by atoms with Crippen LogP contribution in [0.15, 0.2) is 6.33 Å². The van der Waals surface area contributed by atoms with Gasteiger partial charge in [-0.2, -0.15) is 0 Å². The highest BCUT2D eigenvalue weighted by molar-refractivity contribution is 5.85. The summed E-state index contributed by atoms with van der Waals surface area (Å²) in [5.41, 5.74) is -1.07. The van der Waals surface area contributed by atoms with E-state index in [1.54, 1.807) is 18.9 Å². The summed E-state index contributed by atoms with van der Waals surface area (Å²) in [6, 6.07) is 0. The molecule has 104 valence electrons. The lowest BCUT2D eigenvalue weighted by Crippen LogP contribution is -2.51. The van der Waals surface area contributed by atoms with E-state index in [1.165, 1.54) is 10.9 Å². The van der Waals surface area contributed by atoms with Crippen LogP contribution in [-0.2, 0) is 11.8 Å². The van der Waals surface area contributed by atoms with Crippen molar-refractivity contribution in [1.29, 1.82) is 0 Å². The number of hydrogen-bond donors (Lipinski definition) is 1. The Kier molecular flexibility index (Phi) is 3.17. The zero-order valence-electron chi connectivity index (χ0n) is 10.9. The Labute approximate surface area is 109 Å². The summed E-state index contributed by atoms with van der Waals surface area (Å²) in [4.78, 5) is 27.4. The van der Waals surface area contributed by atoms with Crippen molar-refractivity contribution in [3.8, 4) is 0 Å². The number of aromatic nitrogens is 2. The summed E-state index contributed by atoms with van der Waals surface area (Å²) < 4.78 is 1.51. The molecule has 1 aromatic rings. The highest BCUT2D eigenvalue weighted by atomic mass is 16.6. The number of nitro groups is 1. The molecule has 0 amide bonds. The van der Waals surface area contributed by atoms with E-state index in [0.29, 0.717) is 25.8 Å². The van der Waals surface area contributed by atoms with E-state index in [2.05, 4.69) is 4.98 Å². The van der Waals surface area contributed by atoms with Crippen molar-refractivity contribution in [3.05, 3.63) is 16.4 Å². The maximum absolute atomic E-state index is 11.6. The molecule has 2 heterocycles. The number of aliphatic carboxylic acids is 1. The second-order valence-corrected chi connectivity index (χ2v) is 4.71. The second-order valence-electron chi connectivity index (χ2n) is 4.71. The van der Waals surface area contributed by atoms with Gasteiger partial charge in [-0.25, -0.2) is 4.79 Å². The average Bonchev–Trinajstić information content (AvgIpc) is 2.92. The first kappa shape index (κ1) is 13.3. The largest absolute Gasteiger partial charge is 0.479 e. The van der Waals surface area contributed by atoms with Crippen LogP contribution in [0.1, 0.15) is 26.2 Å². The zero-order chi connectivity index (χ0) is 14.2. The predicted molar refractivity (Wildman–Crippen MR) is 67.1 cm³/mol. The molecule has 1 aromatic heterocycles. The molecule has 0 aliphatic carbocycles. The number of carbonyl (C=O) groups is 1. The Hall–Kier alpha value is -2.12. The number of aryl methyl sites for hydroxylation is 1. The Morgan fingerprint density at radius 1 is 1.68 bits per heavy atom. The second kappa shape index (κ2) is 4.52. The Morgan fingerprint density at radius 2 is 2.37 bits per heavy atom. The predicted octanol–water partition coefficient (Wildman–Crippen LogP) is 1.16. The maximum Gasteiger partial charge on any atom is 0.406 e. The first-order valence-corrected chi connectivity index (χ1v) is 6.10. The summed E-state index contributed by atoms with van der Waals surface area (Å²) >= 11 is 0. The molecule has 1 N–H and O–H groups in total. The van der Waals surface area contributed by atoms with Crippen molar-refractivity contribution in [1.82, 2.24) is 9.55 Å². The van der Waals surface area contributed by atoms with Crippen LogP contribution in [0.5, 0.6) is 0 Å². The molecule has 8 nitrogen and oxygen atoms in total. The molecular weight excluding hydrogens is 252 g/mol. The van der Waals surface area contributed by atoms with Crippen molar-refractivity contribution in [2.45, 2.75) is 31.7 Å². The SMILES string of the molecule is CCC1(C(=O)O)CCCN1c1c([N+](=O)[O-])ncn1C. The van der Waals surface area contributed by atoms with Gasteiger partial charge in [0.25, 0.3) is 0 Å². The molecule has 0 aromatic carbocycles. The molecule has 1 atom stereocenters. The molecule has 0 saturated carbocycles. The highest BCUT2D eigenvalue weighted by Gasteiger charge is 2.49. The molecular formula is C11H16N4O4. The number of hydrogen-bond acceptors (Lipinski definition) is 5. The van der Waals surface area contributed by atoms with E-state index in [1.807, 2.05) is 0 Å². The van der Waals surface area contributed by atoms with E-state index in [9.17, 15) is 20.0 Å². The molecule has 1 fully saturated rings. The fourth-order valence-corrected chi connectivity index (χ4v) is 2.78. The topological polar surface area (TPSA) is 102 Å². The van der Waals surface area contributed by atoms with Crippen LogP contribution in [0, 0.1) is 10.1 Å². The Balaban J connectivity index is 2.54. The van der Waals surface area contributed by atoms with Gasteiger partial charge in [-0.3, -0.25) is 4.57 Å². The smallest absolute Gasteiger partial charge is 0.406 e. The lowest BCUT2D eigenvalue weighted by molar-refractivity contribution is -0.388. The molecule has 1 unspecified atom stereocenters.